The van der Waals surface area contributed by atoms with Crippen molar-refractivity contribution in [3.63, 3.8) is 0 Å². The van der Waals surface area contributed by atoms with Crippen molar-refractivity contribution in [3.05, 3.63) is 53.2 Å². The van der Waals surface area contributed by atoms with Gasteiger partial charge >= 0.3 is 0 Å². The number of Topliss-reactive ketones (excluding diaryl/α,β-unsaturated/α-hetero) is 1. The SMILES string of the molecule is CCCCCCCCCCCCCCCCS(=O)(=O)Nc1ccc(Cl)c(NC(=O)C(C(C)=O)n2ncc3cccc(C)c32)c1. The van der Waals surface area contributed by atoms with Crippen LogP contribution >= 0.6 is 11.6 Å². The number of nitrogens with one attached hydrogen (secondary N) is 2. The maximum Gasteiger partial charge on any atom is 0.256 e. The van der Waals surface area contributed by atoms with Gasteiger partial charge in [0.15, 0.2) is 11.8 Å². The molecule has 0 aliphatic carbocycles. The number of hydrogen-bond donors (Lipinski definition) is 2. The van der Waals surface area contributed by atoms with Crippen molar-refractivity contribution in [1.82, 2.24) is 9.78 Å². The molecular weight excluding hydrogens is 596 g/mol. The number of ketones is 1. The predicted molar refractivity (Wildman–Crippen MR) is 182 cm³/mol. The summed E-state index contributed by atoms with van der Waals surface area (Å²) in [5, 5.41) is 8.05. The molecule has 8 nitrogen and oxygen atoms in total. The molecular formula is C34H49ClN4O4S. The first-order valence-corrected chi connectivity index (χ1v) is 18.2. The number of aromatic nitrogens is 2. The first kappa shape index (κ1) is 35.6. The monoisotopic (exact) mass is 644 g/mol. The first-order chi connectivity index (χ1) is 21.1. The molecule has 1 heterocycles. The number of nitrogens with zero attached hydrogens (tertiary/aromatic N) is 2. The zero-order valence-corrected chi connectivity index (χ0v) is 28.1. The van der Waals surface area contributed by atoms with Crippen molar-refractivity contribution in [2.45, 2.75) is 117 Å². The van der Waals surface area contributed by atoms with Crippen LogP contribution in [0, 0.1) is 6.92 Å². The number of anilines is 2. The average molecular weight is 645 g/mol. The molecule has 3 rings (SSSR count). The van der Waals surface area contributed by atoms with Crippen LogP contribution in [-0.4, -0.2) is 35.6 Å². The van der Waals surface area contributed by atoms with E-state index in [9.17, 15) is 18.0 Å². The maximum atomic E-state index is 13.3. The van der Waals surface area contributed by atoms with Crippen molar-refractivity contribution in [3.8, 4) is 0 Å². The Morgan fingerprint density at radius 3 is 2.07 bits per heavy atom. The van der Waals surface area contributed by atoms with E-state index in [-0.39, 0.29) is 22.2 Å². The Hall–Kier alpha value is -2.91. The number of carbonyl (C=O) groups is 2. The number of rotatable bonds is 21. The lowest BCUT2D eigenvalue weighted by molar-refractivity contribution is -0.129. The fourth-order valence-electron chi connectivity index (χ4n) is 5.55. The third-order valence-corrected chi connectivity index (χ3v) is 9.66. The summed E-state index contributed by atoms with van der Waals surface area (Å²) >= 11 is 6.34. The minimum Gasteiger partial charge on any atom is -0.322 e. The summed E-state index contributed by atoms with van der Waals surface area (Å²) in [4.78, 5) is 25.9. The van der Waals surface area contributed by atoms with E-state index in [1.165, 1.54) is 87.9 Å². The second-order valence-electron chi connectivity index (χ2n) is 11.8. The summed E-state index contributed by atoms with van der Waals surface area (Å²) in [7, 11) is -3.58. The van der Waals surface area contributed by atoms with E-state index in [2.05, 4.69) is 22.1 Å². The second-order valence-corrected chi connectivity index (χ2v) is 14.1. The van der Waals surface area contributed by atoms with Gasteiger partial charge in [0.1, 0.15) is 0 Å². The fourth-order valence-corrected chi connectivity index (χ4v) is 6.88. The van der Waals surface area contributed by atoms with Crippen LogP contribution in [0.2, 0.25) is 5.02 Å². The number of hydrogen-bond acceptors (Lipinski definition) is 5. The fraction of sp³-hybridized carbons (Fsp3) is 0.559. The highest BCUT2D eigenvalue weighted by Crippen LogP contribution is 2.29. The van der Waals surface area contributed by atoms with E-state index in [4.69, 9.17) is 11.6 Å². The number of fused-ring (bicyclic) bond motifs is 1. The van der Waals surface area contributed by atoms with E-state index < -0.39 is 27.8 Å². The summed E-state index contributed by atoms with van der Waals surface area (Å²) in [6, 6.07) is 8.95. The summed E-state index contributed by atoms with van der Waals surface area (Å²) in [5.74, 6) is -0.986. The van der Waals surface area contributed by atoms with Crippen molar-refractivity contribution >= 4 is 55.6 Å². The Bertz CT molecular complexity index is 1470. The summed E-state index contributed by atoms with van der Waals surface area (Å²) in [6.07, 6.45) is 18.4. The van der Waals surface area contributed by atoms with Gasteiger partial charge in [-0.15, -0.1) is 0 Å². The van der Waals surface area contributed by atoms with E-state index in [0.717, 1.165) is 30.2 Å². The minimum absolute atomic E-state index is 0.0213. The Labute approximate surface area is 268 Å². The van der Waals surface area contributed by atoms with Crippen LogP contribution in [0.25, 0.3) is 10.9 Å². The topological polar surface area (TPSA) is 110 Å². The lowest BCUT2D eigenvalue weighted by Gasteiger charge is -2.18. The average Bonchev–Trinajstić information content (AvgIpc) is 3.39. The molecule has 0 aliphatic heterocycles. The molecule has 3 aromatic rings. The highest BCUT2D eigenvalue weighted by atomic mass is 35.5. The summed E-state index contributed by atoms with van der Waals surface area (Å²) in [5.41, 5.74) is 2.06. The van der Waals surface area contributed by atoms with Gasteiger partial charge in [0, 0.05) is 5.39 Å². The summed E-state index contributed by atoms with van der Waals surface area (Å²) in [6.45, 7) is 5.47. The van der Waals surface area contributed by atoms with Gasteiger partial charge in [0.2, 0.25) is 10.0 Å². The highest BCUT2D eigenvalue weighted by Gasteiger charge is 2.29. The van der Waals surface area contributed by atoms with Gasteiger partial charge in [-0.25, -0.2) is 13.1 Å². The van der Waals surface area contributed by atoms with Crippen LogP contribution in [0.15, 0.2) is 42.6 Å². The molecule has 10 heteroatoms. The molecule has 0 saturated heterocycles. The molecule has 242 valence electrons. The number of carbonyl (C=O) groups excluding carboxylic acids is 2. The van der Waals surface area contributed by atoms with E-state index >= 15 is 0 Å². The standard InChI is InChI=1S/C34H49ClN4O4S/c1-4-5-6-7-8-9-10-11-12-13-14-15-16-17-23-44(42,43)38-29-21-22-30(35)31(24-29)37-34(41)33(27(3)40)39-32-26(2)19-18-20-28(32)25-36-39/h18-22,24-25,33,38H,4-17,23H2,1-3H3,(H,37,41). The van der Waals surface area contributed by atoms with Crippen molar-refractivity contribution < 1.29 is 18.0 Å². The quantitative estimate of drug-likeness (QED) is 0.0888. The van der Waals surface area contributed by atoms with E-state index in [1.54, 1.807) is 12.3 Å². The van der Waals surface area contributed by atoms with Crippen LogP contribution in [0.5, 0.6) is 0 Å². The zero-order chi connectivity index (χ0) is 32.0. The maximum absolute atomic E-state index is 13.3. The Balaban J connectivity index is 1.45. The number of halogens is 1. The van der Waals surface area contributed by atoms with Gasteiger partial charge in [0.05, 0.1) is 33.9 Å². The number of aryl methyl sites for hydroxylation is 1. The Morgan fingerprint density at radius 1 is 0.886 bits per heavy atom. The van der Waals surface area contributed by atoms with Gasteiger partial charge in [-0.05, 0) is 44.0 Å². The molecule has 1 atom stereocenters. The van der Waals surface area contributed by atoms with Crippen LogP contribution in [0.4, 0.5) is 11.4 Å². The molecule has 2 aromatic carbocycles. The molecule has 0 bridgehead atoms. The van der Waals surface area contributed by atoms with Gasteiger partial charge in [-0.1, -0.05) is 120 Å². The lowest BCUT2D eigenvalue weighted by atomic mass is 10.0. The smallest absolute Gasteiger partial charge is 0.256 e. The molecule has 0 aliphatic rings. The first-order valence-electron chi connectivity index (χ1n) is 16.2. The van der Waals surface area contributed by atoms with Crippen LogP contribution in [0.1, 0.15) is 115 Å². The molecule has 1 amide bonds. The zero-order valence-electron chi connectivity index (χ0n) is 26.5. The number of para-hydroxylation sites is 1. The molecule has 1 aromatic heterocycles. The number of sulfonamides is 1. The highest BCUT2D eigenvalue weighted by molar-refractivity contribution is 7.92. The Morgan fingerprint density at radius 2 is 1.48 bits per heavy atom. The number of unbranched alkanes of at least 4 members (excludes halogenated alkanes) is 13. The predicted octanol–water partition coefficient (Wildman–Crippen LogP) is 8.99. The molecule has 0 saturated carbocycles. The summed E-state index contributed by atoms with van der Waals surface area (Å²) < 4.78 is 29.5. The van der Waals surface area contributed by atoms with E-state index in [1.807, 2.05) is 25.1 Å². The Kier molecular flexibility index (Phi) is 14.7. The number of benzene rings is 2. The van der Waals surface area contributed by atoms with Crippen molar-refractivity contribution in [2.75, 3.05) is 15.8 Å². The molecule has 2 N–H and O–H groups in total. The number of amides is 1. The van der Waals surface area contributed by atoms with Crippen LogP contribution in [-0.2, 0) is 19.6 Å². The van der Waals surface area contributed by atoms with Gasteiger partial charge in [0.25, 0.3) is 5.91 Å². The van der Waals surface area contributed by atoms with E-state index in [0.29, 0.717) is 11.9 Å². The largest absolute Gasteiger partial charge is 0.322 e. The molecule has 1 unspecified atom stereocenters. The van der Waals surface area contributed by atoms with Crippen LogP contribution in [0.3, 0.4) is 0 Å². The molecule has 0 spiro atoms. The third kappa shape index (κ3) is 11.2. The lowest BCUT2D eigenvalue weighted by Crippen LogP contribution is -2.32. The van der Waals surface area contributed by atoms with Crippen LogP contribution < -0.4 is 10.0 Å². The molecule has 44 heavy (non-hydrogen) atoms. The van der Waals surface area contributed by atoms with Gasteiger partial charge in [-0.2, -0.15) is 5.10 Å². The van der Waals surface area contributed by atoms with Gasteiger partial charge in [-0.3, -0.25) is 14.3 Å². The van der Waals surface area contributed by atoms with Crippen molar-refractivity contribution in [1.29, 1.82) is 0 Å². The minimum atomic E-state index is -3.58. The normalized spacial score (nSPS) is 12.4. The molecule has 0 radical (unpaired) electrons. The second kappa shape index (κ2) is 18.2. The van der Waals surface area contributed by atoms with Gasteiger partial charge < -0.3 is 5.32 Å². The van der Waals surface area contributed by atoms with Crippen molar-refractivity contribution in [2.24, 2.45) is 0 Å². The molecule has 0 fully saturated rings. The third-order valence-electron chi connectivity index (χ3n) is 7.96.